The summed E-state index contributed by atoms with van der Waals surface area (Å²) in [5.41, 5.74) is 2.15. The number of hydrogen-bond donors (Lipinski definition) is 1. The molecule has 3 aromatic carbocycles. The summed E-state index contributed by atoms with van der Waals surface area (Å²) in [5, 5.41) is 5.02. The monoisotopic (exact) mass is 473 g/mol. The maximum atomic E-state index is 13.5. The van der Waals surface area contributed by atoms with Gasteiger partial charge in [-0.05, 0) is 37.4 Å². The molecule has 1 aliphatic rings. The van der Waals surface area contributed by atoms with Crippen LogP contribution in [0.5, 0.6) is 0 Å². The van der Waals surface area contributed by atoms with Crippen LogP contribution in [0.2, 0.25) is 0 Å². The molecule has 0 spiro atoms. The van der Waals surface area contributed by atoms with Crippen molar-refractivity contribution in [1.82, 2.24) is 14.3 Å². The summed E-state index contributed by atoms with van der Waals surface area (Å²) in [6, 6.07) is 23.1. The molecule has 2 heterocycles. The number of nitrogens with zero attached hydrogens (tertiary/aromatic N) is 4. The van der Waals surface area contributed by atoms with Crippen molar-refractivity contribution in [1.29, 1.82) is 0 Å². The third kappa shape index (κ3) is 4.47. The van der Waals surface area contributed by atoms with E-state index in [2.05, 4.69) is 27.1 Å². The molecule has 34 heavy (non-hydrogen) atoms. The molecule has 8 heteroatoms. The molecule has 0 radical (unpaired) electrons. The molecule has 1 aromatic heterocycles. The van der Waals surface area contributed by atoms with Crippen LogP contribution in [-0.2, 0) is 10.0 Å². The van der Waals surface area contributed by atoms with Crippen LogP contribution in [0.25, 0.3) is 10.8 Å². The van der Waals surface area contributed by atoms with Crippen molar-refractivity contribution in [3.63, 3.8) is 0 Å². The molecule has 1 aliphatic heterocycles. The fraction of sp³-hybridized carbons (Fsp3) is 0.231. The minimum absolute atomic E-state index is 0.363. The normalized spacial score (nSPS) is 14.9. The van der Waals surface area contributed by atoms with Crippen molar-refractivity contribution in [2.45, 2.75) is 18.7 Å². The summed E-state index contributed by atoms with van der Waals surface area (Å²) in [5.74, 6) is 2.18. The predicted octanol–water partition coefficient (Wildman–Crippen LogP) is 4.50. The molecule has 0 atom stereocenters. The Labute approximate surface area is 200 Å². The first kappa shape index (κ1) is 22.3. The molecule has 174 valence electrons. The van der Waals surface area contributed by atoms with E-state index < -0.39 is 10.0 Å². The maximum Gasteiger partial charge on any atom is 0.243 e. The van der Waals surface area contributed by atoms with E-state index in [1.165, 1.54) is 5.56 Å². The van der Waals surface area contributed by atoms with Crippen molar-refractivity contribution >= 4 is 38.1 Å². The van der Waals surface area contributed by atoms with Crippen LogP contribution in [0.15, 0.2) is 77.7 Å². The molecule has 4 aromatic rings. The first-order valence-corrected chi connectivity index (χ1v) is 12.8. The van der Waals surface area contributed by atoms with Crippen molar-refractivity contribution in [2.75, 3.05) is 36.4 Å². The highest BCUT2D eigenvalue weighted by Gasteiger charge is 2.30. The third-order valence-electron chi connectivity index (χ3n) is 6.08. The molecule has 1 N–H and O–H groups in total. The average molecular weight is 474 g/mol. The SMILES string of the molecule is Cc1ccc(Nc2cc(N3CCN(S(=O)(=O)c4cccc5ccccc45)CC3)nc(C)n2)cc1. The molecular weight excluding hydrogens is 446 g/mol. The Morgan fingerprint density at radius 2 is 1.53 bits per heavy atom. The molecular formula is C26H27N5O2S. The van der Waals surface area contributed by atoms with E-state index in [4.69, 9.17) is 0 Å². The lowest BCUT2D eigenvalue weighted by Gasteiger charge is -2.35. The molecule has 0 amide bonds. The first-order chi connectivity index (χ1) is 16.4. The van der Waals surface area contributed by atoms with Gasteiger partial charge in [0.2, 0.25) is 10.0 Å². The topological polar surface area (TPSA) is 78.4 Å². The fourth-order valence-electron chi connectivity index (χ4n) is 4.28. The molecule has 5 rings (SSSR count). The van der Waals surface area contributed by atoms with Gasteiger partial charge in [0.05, 0.1) is 4.90 Å². The molecule has 1 saturated heterocycles. The van der Waals surface area contributed by atoms with Gasteiger partial charge in [-0.2, -0.15) is 4.31 Å². The third-order valence-corrected chi connectivity index (χ3v) is 8.04. The smallest absolute Gasteiger partial charge is 0.243 e. The highest BCUT2D eigenvalue weighted by molar-refractivity contribution is 7.89. The summed E-state index contributed by atoms with van der Waals surface area (Å²) in [6.45, 7) is 5.83. The van der Waals surface area contributed by atoms with E-state index in [9.17, 15) is 8.42 Å². The van der Waals surface area contributed by atoms with Gasteiger partial charge < -0.3 is 10.2 Å². The summed E-state index contributed by atoms with van der Waals surface area (Å²) in [7, 11) is -3.59. The summed E-state index contributed by atoms with van der Waals surface area (Å²) in [6.07, 6.45) is 0. The van der Waals surface area contributed by atoms with Crippen LogP contribution < -0.4 is 10.2 Å². The van der Waals surface area contributed by atoms with Gasteiger partial charge in [-0.25, -0.2) is 18.4 Å². The van der Waals surface area contributed by atoms with Gasteiger partial charge in [0.1, 0.15) is 17.5 Å². The number of nitrogens with one attached hydrogen (secondary N) is 1. The van der Waals surface area contributed by atoms with E-state index in [1.807, 2.05) is 67.6 Å². The maximum absolute atomic E-state index is 13.5. The summed E-state index contributed by atoms with van der Waals surface area (Å²) >= 11 is 0. The summed E-state index contributed by atoms with van der Waals surface area (Å²) < 4.78 is 28.5. The van der Waals surface area contributed by atoms with Gasteiger partial charge in [-0.3, -0.25) is 0 Å². The lowest BCUT2D eigenvalue weighted by atomic mass is 10.1. The molecule has 1 fully saturated rings. The number of rotatable bonds is 5. The minimum atomic E-state index is -3.59. The van der Waals surface area contributed by atoms with Crippen molar-refractivity contribution in [2.24, 2.45) is 0 Å². The van der Waals surface area contributed by atoms with Gasteiger partial charge >= 0.3 is 0 Å². The molecule has 0 aliphatic carbocycles. The Balaban J connectivity index is 1.33. The quantitative estimate of drug-likeness (QED) is 0.460. The van der Waals surface area contributed by atoms with E-state index in [-0.39, 0.29) is 0 Å². The lowest BCUT2D eigenvalue weighted by molar-refractivity contribution is 0.384. The van der Waals surface area contributed by atoms with Crippen LogP contribution in [0.3, 0.4) is 0 Å². The largest absolute Gasteiger partial charge is 0.354 e. The fourth-order valence-corrected chi connectivity index (χ4v) is 5.92. The van der Waals surface area contributed by atoms with Crippen molar-refractivity contribution in [3.8, 4) is 0 Å². The number of aromatic nitrogens is 2. The number of benzene rings is 3. The number of sulfonamides is 1. The van der Waals surface area contributed by atoms with E-state index in [1.54, 1.807) is 16.4 Å². The second-order valence-electron chi connectivity index (χ2n) is 8.52. The van der Waals surface area contributed by atoms with Crippen LogP contribution in [-0.4, -0.2) is 48.9 Å². The first-order valence-electron chi connectivity index (χ1n) is 11.3. The standard InChI is InChI=1S/C26H27N5O2S/c1-19-10-12-22(13-11-19)29-25-18-26(28-20(2)27-25)30-14-16-31(17-15-30)34(32,33)24-9-5-7-21-6-3-4-8-23(21)24/h3-13,18H,14-17H2,1-2H3,(H,27,28,29). The molecule has 7 nitrogen and oxygen atoms in total. The Morgan fingerprint density at radius 1 is 0.824 bits per heavy atom. The Kier molecular flexibility index (Phi) is 5.93. The van der Waals surface area contributed by atoms with Crippen LogP contribution in [0.1, 0.15) is 11.4 Å². The Morgan fingerprint density at radius 3 is 2.29 bits per heavy atom. The highest BCUT2D eigenvalue weighted by Crippen LogP contribution is 2.27. The Bertz CT molecular complexity index is 1420. The van der Waals surface area contributed by atoms with Crippen molar-refractivity contribution in [3.05, 3.63) is 84.2 Å². The molecule has 0 bridgehead atoms. The van der Waals surface area contributed by atoms with Crippen LogP contribution >= 0.6 is 0 Å². The number of anilines is 3. The number of hydrogen-bond acceptors (Lipinski definition) is 6. The zero-order chi connectivity index (χ0) is 23.7. The number of piperazine rings is 1. The molecule has 0 unspecified atom stereocenters. The van der Waals surface area contributed by atoms with Crippen LogP contribution in [0, 0.1) is 13.8 Å². The van der Waals surface area contributed by atoms with Crippen molar-refractivity contribution < 1.29 is 8.42 Å². The van der Waals surface area contributed by atoms with E-state index >= 15 is 0 Å². The predicted molar refractivity (Wildman–Crippen MR) is 136 cm³/mol. The van der Waals surface area contributed by atoms with Gasteiger partial charge in [0.15, 0.2) is 0 Å². The number of aryl methyl sites for hydroxylation is 2. The van der Waals surface area contributed by atoms with Gasteiger partial charge in [0, 0.05) is 43.3 Å². The lowest BCUT2D eigenvalue weighted by Crippen LogP contribution is -2.49. The van der Waals surface area contributed by atoms with Gasteiger partial charge in [-0.1, -0.05) is 54.1 Å². The number of fused-ring (bicyclic) bond motifs is 1. The highest BCUT2D eigenvalue weighted by atomic mass is 32.2. The van der Waals surface area contributed by atoms with E-state index in [0.29, 0.717) is 36.9 Å². The second kappa shape index (κ2) is 9.04. The van der Waals surface area contributed by atoms with E-state index in [0.717, 1.165) is 28.1 Å². The van der Waals surface area contributed by atoms with Crippen LogP contribution in [0.4, 0.5) is 17.3 Å². The Hall–Kier alpha value is -3.49. The zero-order valence-electron chi connectivity index (χ0n) is 19.3. The molecule has 0 saturated carbocycles. The second-order valence-corrected chi connectivity index (χ2v) is 10.4. The van der Waals surface area contributed by atoms with Gasteiger partial charge in [-0.15, -0.1) is 0 Å². The summed E-state index contributed by atoms with van der Waals surface area (Å²) in [4.78, 5) is 11.6. The zero-order valence-corrected chi connectivity index (χ0v) is 20.1. The minimum Gasteiger partial charge on any atom is -0.354 e. The van der Waals surface area contributed by atoms with Gasteiger partial charge in [0.25, 0.3) is 0 Å². The average Bonchev–Trinajstić information content (AvgIpc) is 2.85.